The number of benzene rings is 1. The number of aryl methyl sites for hydroxylation is 2. The molecule has 0 saturated carbocycles. The van der Waals surface area contributed by atoms with Gasteiger partial charge in [-0.3, -0.25) is 25.0 Å². The van der Waals surface area contributed by atoms with E-state index in [0.717, 1.165) is 16.1 Å². The number of hydrogen-bond acceptors (Lipinski definition) is 9. The lowest BCUT2D eigenvalue weighted by molar-refractivity contribution is -0.392. The number of halogens is 4. The van der Waals surface area contributed by atoms with Crippen molar-refractivity contribution in [1.82, 2.24) is 0 Å². The summed E-state index contributed by atoms with van der Waals surface area (Å²) in [6.45, 7) is 9.86. The molecule has 0 aliphatic carbocycles. The SMILES string of the molecule is CCN(CC)c1c([N+](=O)[O-])cc(C(F)(F)F)c(N)c1[N+](=O)[O-].COC[C@H](C)N(C(=O)CCl)c1c(C)csc1C. The number of nitrogens with two attached hydrogens (primary N) is 1. The van der Waals surface area contributed by atoms with E-state index in [1.165, 1.54) is 4.90 Å². The molecule has 0 aliphatic rings. The van der Waals surface area contributed by atoms with E-state index in [9.17, 15) is 38.2 Å². The number of methoxy groups -OCH3 is 1. The van der Waals surface area contributed by atoms with E-state index in [0.29, 0.717) is 6.61 Å². The molecule has 2 rings (SSSR count). The Balaban J connectivity index is 0.000000403. The first-order valence-electron chi connectivity index (χ1n) is 11.6. The average molecular weight is 598 g/mol. The lowest BCUT2D eigenvalue weighted by Crippen LogP contribution is -2.42. The van der Waals surface area contributed by atoms with Crippen LogP contribution < -0.4 is 15.5 Å². The molecular formula is C23H31ClF3N5O6S. The van der Waals surface area contributed by atoms with Crippen LogP contribution in [0.1, 0.15) is 36.8 Å². The molecule has 16 heteroatoms. The van der Waals surface area contributed by atoms with Gasteiger partial charge in [0.1, 0.15) is 11.6 Å². The Bertz CT molecular complexity index is 1170. The Morgan fingerprint density at radius 1 is 1.18 bits per heavy atom. The molecule has 11 nitrogen and oxygen atoms in total. The summed E-state index contributed by atoms with van der Waals surface area (Å²) in [7, 11) is 1.63. The number of carbonyl (C=O) groups excluding carboxylic acids is 1. The zero-order valence-electron chi connectivity index (χ0n) is 22.3. The van der Waals surface area contributed by atoms with Crippen molar-refractivity contribution in [3.8, 4) is 0 Å². The number of ether oxygens (including phenoxy) is 1. The quantitative estimate of drug-likeness (QED) is 0.154. The lowest BCUT2D eigenvalue weighted by atomic mass is 10.1. The van der Waals surface area contributed by atoms with Crippen LogP contribution in [0.2, 0.25) is 0 Å². The third-order valence-electron chi connectivity index (χ3n) is 5.65. The zero-order valence-corrected chi connectivity index (χ0v) is 23.9. The molecule has 1 atom stereocenters. The molecule has 0 unspecified atom stereocenters. The van der Waals surface area contributed by atoms with Crippen LogP contribution in [-0.2, 0) is 15.7 Å². The van der Waals surface area contributed by atoms with Crippen molar-refractivity contribution in [2.24, 2.45) is 0 Å². The minimum absolute atomic E-state index is 0.0111. The summed E-state index contributed by atoms with van der Waals surface area (Å²) in [4.78, 5) is 36.1. The van der Waals surface area contributed by atoms with E-state index in [4.69, 9.17) is 22.1 Å². The Labute approximate surface area is 232 Å². The fraction of sp³-hybridized carbons (Fsp3) is 0.522. The van der Waals surface area contributed by atoms with Crippen LogP contribution in [-0.4, -0.2) is 54.5 Å². The van der Waals surface area contributed by atoms with Gasteiger partial charge in [-0.05, 0) is 45.6 Å². The number of thiophene rings is 1. The zero-order chi connectivity index (χ0) is 30.2. The summed E-state index contributed by atoms with van der Waals surface area (Å²) >= 11 is 7.33. The summed E-state index contributed by atoms with van der Waals surface area (Å²) < 4.78 is 43.8. The summed E-state index contributed by atoms with van der Waals surface area (Å²) in [5.74, 6) is -0.0937. The predicted octanol–water partition coefficient (Wildman–Crippen LogP) is 5.92. The van der Waals surface area contributed by atoms with Crippen LogP contribution in [0.5, 0.6) is 0 Å². The van der Waals surface area contributed by atoms with Gasteiger partial charge in [-0.15, -0.1) is 22.9 Å². The number of nitrogens with zero attached hydrogens (tertiary/aromatic N) is 4. The van der Waals surface area contributed by atoms with Gasteiger partial charge in [0, 0.05) is 31.1 Å². The normalized spacial score (nSPS) is 11.8. The number of anilines is 3. The van der Waals surface area contributed by atoms with E-state index in [2.05, 4.69) is 5.38 Å². The molecule has 0 spiro atoms. The number of hydrogen-bond donors (Lipinski definition) is 1. The van der Waals surface area contributed by atoms with Gasteiger partial charge in [0.05, 0.1) is 33.7 Å². The van der Waals surface area contributed by atoms with Gasteiger partial charge in [-0.1, -0.05) is 0 Å². The molecule has 1 aromatic heterocycles. The fourth-order valence-electron chi connectivity index (χ4n) is 3.97. The summed E-state index contributed by atoms with van der Waals surface area (Å²) in [6.07, 6.45) is -5.04. The molecular weight excluding hydrogens is 567 g/mol. The first-order valence-corrected chi connectivity index (χ1v) is 13.0. The number of nitro groups is 2. The maximum Gasteiger partial charge on any atom is 0.418 e. The highest BCUT2D eigenvalue weighted by Crippen LogP contribution is 2.48. The molecule has 1 aromatic carbocycles. The van der Waals surface area contributed by atoms with E-state index in [1.807, 2.05) is 20.8 Å². The predicted molar refractivity (Wildman–Crippen MR) is 146 cm³/mol. The molecule has 0 bridgehead atoms. The summed E-state index contributed by atoms with van der Waals surface area (Å²) in [5, 5.41) is 24.3. The highest BCUT2D eigenvalue weighted by atomic mass is 35.5. The first kappa shape index (κ1) is 33.9. The monoisotopic (exact) mass is 597 g/mol. The van der Waals surface area contributed by atoms with E-state index >= 15 is 0 Å². The van der Waals surface area contributed by atoms with Crippen molar-refractivity contribution in [3.63, 3.8) is 0 Å². The molecule has 2 aromatic rings. The number of nitrogen functional groups attached to an aromatic ring is 1. The maximum absolute atomic E-state index is 12.9. The van der Waals surface area contributed by atoms with E-state index in [1.54, 1.807) is 37.2 Å². The van der Waals surface area contributed by atoms with Gasteiger partial charge in [0.2, 0.25) is 5.91 Å². The fourth-order valence-corrected chi connectivity index (χ4v) is 4.93. The largest absolute Gasteiger partial charge is 0.418 e. The molecule has 0 aliphatic heterocycles. The number of rotatable bonds is 10. The van der Waals surface area contributed by atoms with Crippen LogP contribution in [0, 0.1) is 34.1 Å². The lowest BCUT2D eigenvalue weighted by Gasteiger charge is -2.29. The van der Waals surface area contributed by atoms with Crippen LogP contribution in [0.25, 0.3) is 0 Å². The third-order valence-corrected chi connectivity index (χ3v) is 6.90. The Hall–Kier alpha value is -3.17. The van der Waals surface area contributed by atoms with Crippen LogP contribution in [0.3, 0.4) is 0 Å². The van der Waals surface area contributed by atoms with Gasteiger partial charge in [-0.25, -0.2) is 0 Å². The summed E-state index contributed by atoms with van der Waals surface area (Å²) in [6, 6.07) is 0.217. The van der Waals surface area contributed by atoms with Crippen molar-refractivity contribution in [3.05, 3.63) is 47.7 Å². The number of alkyl halides is 4. The van der Waals surface area contributed by atoms with E-state index in [-0.39, 0.29) is 37.0 Å². The van der Waals surface area contributed by atoms with Gasteiger partial charge >= 0.3 is 11.9 Å². The van der Waals surface area contributed by atoms with Crippen LogP contribution in [0.4, 0.5) is 41.6 Å². The van der Waals surface area contributed by atoms with Gasteiger partial charge in [-0.2, -0.15) is 13.2 Å². The first-order chi connectivity index (χ1) is 18.1. The molecule has 0 saturated heterocycles. The smallest absolute Gasteiger partial charge is 0.393 e. The van der Waals surface area contributed by atoms with Crippen LogP contribution in [0.15, 0.2) is 11.4 Å². The average Bonchev–Trinajstić information content (AvgIpc) is 3.17. The highest BCUT2D eigenvalue weighted by Gasteiger charge is 2.42. The van der Waals surface area contributed by atoms with Crippen molar-refractivity contribution >= 4 is 57.3 Å². The molecule has 0 fully saturated rings. The highest BCUT2D eigenvalue weighted by molar-refractivity contribution is 7.10. The Morgan fingerprint density at radius 2 is 1.74 bits per heavy atom. The molecule has 1 amide bonds. The summed E-state index contributed by atoms with van der Waals surface area (Å²) in [5.41, 5.74) is 2.00. The second-order valence-corrected chi connectivity index (χ2v) is 9.61. The number of amides is 1. The molecule has 1 heterocycles. The Kier molecular flexibility index (Phi) is 12.4. The van der Waals surface area contributed by atoms with Crippen LogP contribution >= 0.6 is 22.9 Å². The van der Waals surface area contributed by atoms with Crippen molar-refractivity contribution in [2.75, 3.05) is 48.2 Å². The Morgan fingerprint density at radius 3 is 2.10 bits per heavy atom. The molecule has 218 valence electrons. The second-order valence-electron chi connectivity index (χ2n) is 8.26. The standard InChI is InChI=1S/C12H18ClNO2S.C11H13F3N4O4/c1-8-7-17-10(3)12(8)14(11(15)5-13)9(2)6-16-4;1-3-16(4-2)9-7(17(19)20)5-6(11(12,13)14)8(15)10(9)18(21)22/h7,9H,5-6H2,1-4H3;5H,3-4,15H2,1-2H3/t9-;/m0./s1. The number of nitro benzene ring substituents is 2. The van der Waals surface area contributed by atoms with Crippen molar-refractivity contribution in [1.29, 1.82) is 0 Å². The minimum Gasteiger partial charge on any atom is -0.393 e. The molecule has 39 heavy (non-hydrogen) atoms. The van der Waals surface area contributed by atoms with Crippen molar-refractivity contribution in [2.45, 2.75) is 46.8 Å². The second kappa shape index (κ2) is 14.3. The van der Waals surface area contributed by atoms with Crippen molar-refractivity contribution < 1.29 is 32.5 Å². The van der Waals surface area contributed by atoms with E-state index < -0.39 is 44.3 Å². The number of carbonyl (C=O) groups is 1. The van der Waals surface area contributed by atoms with Gasteiger partial charge in [0.15, 0.2) is 5.69 Å². The maximum atomic E-state index is 12.9. The topological polar surface area (TPSA) is 145 Å². The van der Waals surface area contributed by atoms with Gasteiger partial charge < -0.3 is 20.3 Å². The third kappa shape index (κ3) is 7.92. The molecule has 2 N–H and O–H groups in total. The molecule has 0 radical (unpaired) electrons. The van der Waals surface area contributed by atoms with Gasteiger partial charge in [0.25, 0.3) is 5.69 Å². The minimum atomic E-state index is -5.04.